The third kappa shape index (κ3) is 5.92. The zero-order valence-corrected chi connectivity index (χ0v) is 20.8. The molecule has 176 valence electrons. The van der Waals surface area contributed by atoms with Gasteiger partial charge in [-0.25, -0.2) is 0 Å². The molecule has 0 radical (unpaired) electrons. The molecule has 2 N–H and O–H groups in total. The Hall–Kier alpha value is -0.900. The first kappa shape index (κ1) is 24.7. The minimum absolute atomic E-state index is 0.0900. The van der Waals surface area contributed by atoms with Gasteiger partial charge < -0.3 is 14.9 Å². The van der Waals surface area contributed by atoms with Crippen molar-refractivity contribution >= 4 is 0 Å². The number of ether oxygens (including phenoxy) is 1. The van der Waals surface area contributed by atoms with Gasteiger partial charge >= 0.3 is 0 Å². The van der Waals surface area contributed by atoms with Crippen LogP contribution in [0.25, 0.3) is 0 Å². The number of hydrogen-bond acceptors (Lipinski definition) is 3. The summed E-state index contributed by atoms with van der Waals surface area (Å²) in [5.74, 6) is 1.87. The molecule has 0 aromatic carbocycles. The minimum Gasteiger partial charge on any atom is -0.390 e. The molecule has 0 amide bonds. The summed E-state index contributed by atoms with van der Waals surface area (Å²) >= 11 is 0. The van der Waals surface area contributed by atoms with Crippen LogP contribution in [0.5, 0.6) is 0 Å². The second kappa shape index (κ2) is 9.93. The third-order valence-electron chi connectivity index (χ3n) is 8.88. The predicted molar refractivity (Wildman–Crippen MR) is 129 cm³/mol. The van der Waals surface area contributed by atoms with Crippen LogP contribution >= 0.6 is 0 Å². The SMILES string of the molecule is CC1/C(=C/C=C2\CC(O)C3=CCO[C@@H]3C2)CCCC1(C)C(C)[C@H](C)CCCC(C)(C)O. The van der Waals surface area contributed by atoms with Crippen molar-refractivity contribution in [2.24, 2.45) is 23.2 Å². The van der Waals surface area contributed by atoms with E-state index in [1.807, 2.05) is 13.8 Å². The Morgan fingerprint density at radius 1 is 1.26 bits per heavy atom. The number of aliphatic hydroxyl groups excluding tert-OH is 1. The quantitative estimate of drug-likeness (QED) is 0.462. The molecular weight excluding hydrogens is 384 g/mol. The van der Waals surface area contributed by atoms with Crippen molar-refractivity contribution in [3.8, 4) is 0 Å². The van der Waals surface area contributed by atoms with Crippen LogP contribution in [0.4, 0.5) is 0 Å². The molecule has 4 unspecified atom stereocenters. The summed E-state index contributed by atoms with van der Waals surface area (Å²) in [5, 5.41) is 20.5. The molecule has 3 heteroatoms. The lowest BCUT2D eigenvalue weighted by Gasteiger charge is -2.48. The van der Waals surface area contributed by atoms with Crippen LogP contribution in [-0.4, -0.2) is 34.6 Å². The molecule has 2 aliphatic carbocycles. The monoisotopic (exact) mass is 430 g/mol. The maximum absolute atomic E-state index is 10.5. The summed E-state index contributed by atoms with van der Waals surface area (Å²) in [6, 6.07) is 0. The maximum atomic E-state index is 10.5. The lowest BCUT2D eigenvalue weighted by atomic mass is 9.57. The molecule has 0 bridgehead atoms. The van der Waals surface area contributed by atoms with Crippen LogP contribution in [0.3, 0.4) is 0 Å². The van der Waals surface area contributed by atoms with E-state index in [1.54, 1.807) is 5.57 Å². The van der Waals surface area contributed by atoms with Gasteiger partial charge in [0.1, 0.15) is 0 Å². The molecule has 2 fully saturated rings. The van der Waals surface area contributed by atoms with Gasteiger partial charge in [0.05, 0.1) is 24.4 Å². The Morgan fingerprint density at radius 3 is 2.71 bits per heavy atom. The first-order chi connectivity index (χ1) is 14.5. The molecule has 3 rings (SSSR count). The van der Waals surface area contributed by atoms with Gasteiger partial charge in [-0.15, -0.1) is 0 Å². The first-order valence-electron chi connectivity index (χ1n) is 12.6. The molecule has 6 atom stereocenters. The van der Waals surface area contributed by atoms with Crippen molar-refractivity contribution in [3.63, 3.8) is 0 Å². The van der Waals surface area contributed by atoms with Crippen LogP contribution in [0, 0.1) is 23.2 Å². The summed E-state index contributed by atoms with van der Waals surface area (Å²) in [4.78, 5) is 0. The number of rotatable bonds is 7. The molecule has 3 nitrogen and oxygen atoms in total. The van der Waals surface area contributed by atoms with Crippen LogP contribution in [-0.2, 0) is 4.74 Å². The molecule has 0 aromatic heterocycles. The maximum Gasteiger partial charge on any atom is 0.0852 e. The van der Waals surface area contributed by atoms with Crippen LogP contribution < -0.4 is 0 Å². The summed E-state index contributed by atoms with van der Waals surface area (Å²) in [6.07, 6.45) is 15.0. The predicted octanol–water partition coefficient (Wildman–Crippen LogP) is 6.36. The molecule has 3 aliphatic rings. The molecule has 0 saturated heterocycles. The topological polar surface area (TPSA) is 49.7 Å². The van der Waals surface area contributed by atoms with E-state index in [0.29, 0.717) is 29.8 Å². The fraction of sp³-hybridized carbons (Fsp3) is 0.786. The van der Waals surface area contributed by atoms with Crippen molar-refractivity contribution in [2.45, 2.75) is 111 Å². The Bertz CT molecular complexity index is 710. The van der Waals surface area contributed by atoms with E-state index < -0.39 is 5.60 Å². The fourth-order valence-electron chi connectivity index (χ4n) is 6.20. The van der Waals surface area contributed by atoms with Crippen molar-refractivity contribution < 1.29 is 14.9 Å². The molecule has 2 saturated carbocycles. The van der Waals surface area contributed by atoms with Gasteiger partial charge in [-0.05, 0) is 81.1 Å². The molecule has 0 spiro atoms. The summed E-state index contributed by atoms with van der Waals surface area (Å²) < 4.78 is 5.78. The van der Waals surface area contributed by atoms with Crippen LogP contribution in [0.1, 0.15) is 92.9 Å². The summed E-state index contributed by atoms with van der Waals surface area (Å²) in [6.45, 7) is 14.3. The molecular formula is C28H46O3. The average molecular weight is 431 g/mol. The van der Waals surface area contributed by atoms with E-state index in [-0.39, 0.29) is 12.2 Å². The smallest absolute Gasteiger partial charge is 0.0852 e. The van der Waals surface area contributed by atoms with Crippen molar-refractivity contribution in [3.05, 3.63) is 34.9 Å². The standard InChI is InChI=1S/C28H46O3/c1-19(9-7-14-27(4,5)30)20(2)28(6)15-8-10-23(21(28)3)12-11-22-17-25(29)24-13-16-31-26(24)18-22/h11-13,19-21,25-26,29-30H,7-10,14-18H2,1-6H3/b22-11+,23-12+/t19-,20?,21?,25?,26-,28?/m1/s1. The van der Waals surface area contributed by atoms with E-state index >= 15 is 0 Å². The lowest BCUT2D eigenvalue weighted by Crippen LogP contribution is -2.39. The first-order valence-corrected chi connectivity index (χ1v) is 12.6. The van der Waals surface area contributed by atoms with Gasteiger partial charge in [-0.2, -0.15) is 0 Å². The summed E-state index contributed by atoms with van der Waals surface area (Å²) in [5.41, 5.74) is 3.74. The molecule has 0 aromatic rings. The highest BCUT2D eigenvalue weighted by Crippen LogP contribution is 2.51. The van der Waals surface area contributed by atoms with Crippen molar-refractivity contribution in [1.82, 2.24) is 0 Å². The molecule has 1 heterocycles. The number of hydrogen-bond donors (Lipinski definition) is 2. The Kier molecular flexibility index (Phi) is 7.92. The summed E-state index contributed by atoms with van der Waals surface area (Å²) in [7, 11) is 0. The van der Waals surface area contributed by atoms with E-state index in [9.17, 15) is 10.2 Å². The Balaban J connectivity index is 1.65. The number of allylic oxidation sites excluding steroid dienone is 3. The minimum atomic E-state index is -0.554. The number of aliphatic hydroxyl groups is 2. The van der Waals surface area contributed by atoms with E-state index in [1.165, 1.54) is 31.3 Å². The Morgan fingerprint density at radius 2 is 2.00 bits per heavy atom. The lowest BCUT2D eigenvalue weighted by molar-refractivity contribution is 0.0470. The largest absolute Gasteiger partial charge is 0.390 e. The molecule has 1 aliphatic heterocycles. The second-order valence-corrected chi connectivity index (χ2v) is 11.6. The highest BCUT2D eigenvalue weighted by Gasteiger charge is 2.42. The van der Waals surface area contributed by atoms with Gasteiger partial charge in [-0.1, -0.05) is 69.9 Å². The van der Waals surface area contributed by atoms with E-state index in [0.717, 1.165) is 31.3 Å². The highest BCUT2D eigenvalue weighted by molar-refractivity contribution is 5.31. The second-order valence-electron chi connectivity index (χ2n) is 11.6. The van der Waals surface area contributed by atoms with Gasteiger partial charge in [0.25, 0.3) is 0 Å². The van der Waals surface area contributed by atoms with Crippen molar-refractivity contribution in [2.75, 3.05) is 6.61 Å². The fourth-order valence-corrected chi connectivity index (χ4v) is 6.20. The highest BCUT2D eigenvalue weighted by atomic mass is 16.5. The average Bonchev–Trinajstić information content (AvgIpc) is 3.17. The molecule has 31 heavy (non-hydrogen) atoms. The number of fused-ring (bicyclic) bond motifs is 1. The van der Waals surface area contributed by atoms with E-state index in [2.05, 4.69) is 45.9 Å². The zero-order valence-electron chi connectivity index (χ0n) is 20.8. The van der Waals surface area contributed by atoms with Gasteiger partial charge in [0.15, 0.2) is 0 Å². The van der Waals surface area contributed by atoms with Gasteiger partial charge in [0, 0.05) is 0 Å². The normalized spacial score (nSPS) is 36.4. The van der Waals surface area contributed by atoms with Gasteiger partial charge in [0.2, 0.25) is 0 Å². The van der Waals surface area contributed by atoms with Crippen LogP contribution in [0.15, 0.2) is 34.9 Å². The Labute approximate surface area is 190 Å². The van der Waals surface area contributed by atoms with Crippen LogP contribution in [0.2, 0.25) is 0 Å². The zero-order chi connectivity index (χ0) is 22.8. The van der Waals surface area contributed by atoms with Crippen molar-refractivity contribution in [1.29, 1.82) is 0 Å². The van der Waals surface area contributed by atoms with Gasteiger partial charge in [-0.3, -0.25) is 0 Å². The van der Waals surface area contributed by atoms with E-state index in [4.69, 9.17) is 4.74 Å². The third-order valence-corrected chi connectivity index (χ3v) is 8.88.